The van der Waals surface area contributed by atoms with Gasteiger partial charge < -0.3 is 9.84 Å². The summed E-state index contributed by atoms with van der Waals surface area (Å²) in [6.07, 6.45) is 2.71. The smallest absolute Gasteiger partial charge is 0.337 e. The number of fused-ring (bicyclic) bond motifs is 1. The topological polar surface area (TPSA) is 46.5 Å². The van der Waals surface area contributed by atoms with Gasteiger partial charge in [-0.2, -0.15) is 0 Å². The molecule has 2 aromatic rings. The fourth-order valence-corrected chi connectivity index (χ4v) is 4.76. The van der Waals surface area contributed by atoms with Gasteiger partial charge in [0.05, 0.1) is 12.2 Å². The lowest BCUT2D eigenvalue weighted by Gasteiger charge is -2.29. The molecule has 1 aromatic heterocycles. The van der Waals surface area contributed by atoms with Gasteiger partial charge in [0.2, 0.25) is 0 Å². The molecule has 5 heteroatoms. The normalized spacial score (nSPS) is 16.0. The van der Waals surface area contributed by atoms with Crippen LogP contribution in [0.3, 0.4) is 0 Å². The van der Waals surface area contributed by atoms with E-state index in [0.29, 0.717) is 11.1 Å². The zero-order valence-corrected chi connectivity index (χ0v) is 14.9. The first-order valence-corrected chi connectivity index (χ1v) is 8.79. The van der Waals surface area contributed by atoms with Crippen LogP contribution in [0.4, 0.5) is 4.39 Å². The Labute approximate surface area is 145 Å². The molecule has 1 N–H and O–H groups in total. The molecular formula is C19H21FO3S. The summed E-state index contributed by atoms with van der Waals surface area (Å²) in [5, 5.41) is 9.82. The predicted molar refractivity (Wildman–Crippen MR) is 93.2 cm³/mol. The highest BCUT2D eigenvalue weighted by Gasteiger charge is 2.33. The van der Waals surface area contributed by atoms with Gasteiger partial charge in [0.25, 0.3) is 0 Å². The maximum absolute atomic E-state index is 13.6. The van der Waals surface area contributed by atoms with Gasteiger partial charge >= 0.3 is 5.97 Å². The lowest BCUT2D eigenvalue weighted by atomic mass is 9.76. The first-order chi connectivity index (χ1) is 11.3. The molecule has 0 bridgehead atoms. The molecule has 0 saturated carbocycles. The maximum Gasteiger partial charge on any atom is 0.337 e. The molecule has 0 aliphatic heterocycles. The molecule has 0 saturated heterocycles. The maximum atomic E-state index is 13.6. The van der Waals surface area contributed by atoms with Crippen molar-refractivity contribution in [1.29, 1.82) is 0 Å². The lowest BCUT2D eigenvalue weighted by Crippen LogP contribution is -2.22. The molecular weight excluding hydrogens is 327 g/mol. The van der Waals surface area contributed by atoms with Crippen LogP contribution in [0.5, 0.6) is 0 Å². The molecule has 1 aliphatic rings. The molecule has 0 fully saturated rings. The zero-order chi connectivity index (χ0) is 17.5. The number of rotatable bonds is 4. The van der Waals surface area contributed by atoms with Gasteiger partial charge in [0.1, 0.15) is 5.82 Å². The summed E-state index contributed by atoms with van der Waals surface area (Å²) >= 11 is 1.53. The van der Waals surface area contributed by atoms with Crippen LogP contribution in [-0.2, 0) is 24.2 Å². The van der Waals surface area contributed by atoms with Gasteiger partial charge in [0, 0.05) is 16.9 Å². The Morgan fingerprint density at radius 2 is 2.17 bits per heavy atom. The first-order valence-electron chi connectivity index (χ1n) is 7.98. The van der Waals surface area contributed by atoms with Crippen molar-refractivity contribution < 1.29 is 19.0 Å². The minimum Gasteiger partial charge on any atom is -0.478 e. The third-order valence-electron chi connectivity index (χ3n) is 4.60. The zero-order valence-electron chi connectivity index (χ0n) is 14.1. The van der Waals surface area contributed by atoms with Crippen LogP contribution in [0.2, 0.25) is 0 Å². The monoisotopic (exact) mass is 348 g/mol. The number of halogens is 1. The van der Waals surface area contributed by atoms with Crippen molar-refractivity contribution in [2.45, 2.75) is 39.7 Å². The minimum absolute atomic E-state index is 0.105. The molecule has 1 aromatic carbocycles. The van der Waals surface area contributed by atoms with Gasteiger partial charge in [-0.1, -0.05) is 19.9 Å². The van der Waals surface area contributed by atoms with E-state index in [4.69, 9.17) is 4.74 Å². The van der Waals surface area contributed by atoms with Crippen molar-refractivity contribution in [2.24, 2.45) is 5.41 Å². The van der Waals surface area contributed by atoms with Crippen molar-refractivity contribution in [3.63, 3.8) is 0 Å². The number of aryl methyl sites for hydroxylation is 1. The average molecular weight is 348 g/mol. The molecule has 0 radical (unpaired) electrons. The molecule has 0 spiro atoms. The highest BCUT2D eigenvalue weighted by molar-refractivity contribution is 7.16. The molecule has 1 aliphatic carbocycles. The number of carboxylic acid groups (broad SMARTS) is 1. The summed E-state index contributed by atoms with van der Waals surface area (Å²) in [6, 6.07) is 4.47. The van der Waals surface area contributed by atoms with E-state index in [1.54, 1.807) is 13.2 Å². The second kappa shape index (κ2) is 6.30. The molecule has 1 heterocycles. The molecule has 3 rings (SSSR count). The van der Waals surface area contributed by atoms with E-state index < -0.39 is 5.97 Å². The van der Waals surface area contributed by atoms with Crippen LogP contribution >= 0.6 is 11.3 Å². The van der Waals surface area contributed by atoms with Gasteiger partial charge in [-0.05, 0) is 53.5 Å². The summed E-state index contributed by atoms with van der Waals surface area (Å²) < 4.78 is 18.8. The van der Waals surface area contributed by atoms with E-state index in [1.807, 2.05) is 0 Å². The van der Waals surface area contributed by atoms with Crippen molar-refractivity contribution in [3.05, 3.63) is 45.6 Å². The largest absolute Gasteiger partial charge is 0.478 e. The Morgan fingerprint density at radius 3 is 2.83 bits per heavy atom. The van der Waals surface area contributed by atoms with Crippen LogP contribution < -0.4 is 0 Å². The number of benzene rings is 1. The fourth-order valence-electron chi connectivity index (χ4n) is 3.39. The summed E-state index contributed by atoms with van der Waals surface area (Å²) in [7, 11) is 1.55. The summed E-state index contributed by atoms with van der Waals surface area (Å²) in [5.74, 6) is -1.25. The van der Waals surface area contributed by atoms with E-state index in [9.17, 15) is 14.3 Å². The second-order valence-electron chi connectivity index (χ2n) is 7.09. The van der Waals surface area contributed by atoms with E-state index in [-0.39, 0.29) is 17.8 Å². The Kier molecular flexibility index (Phi) is 4.49. The van der Waals surface area contributed by atoms with Gasteiger partial charge in [0.15, 0.2) is 0 Å². The SMILES string of the molecule is COCc1cc(F)ccc1-c1sc2c(c1C(=O)O)CC(C)(C)CC2. The number of ether oxygens (including phenoxy) is 1. The van der Waals surface area contributed by atoms with Crippen molar-refractivity contribution in [3.8, 4) is 10.4 Å². The number of aromatic carboxylic acids is 1. The third kappa shape index (κ3) is 3.10. The van der Waals surface area contributed by atoms with Crippen molar-refractivity contribution >= 4 is 17.3 Å². The molecule has 0 amide bonds. The van der Waals surface area contributed by atoms with Gasteiger partial charge in [-0.25, -0.2) is 9.18 Å². The van der Waals surface area contributed by atoms with Crippen molar-refractivity contribution in [1.82, 2.24) is 0 Å². The van der Waals surface area contributed by atoms with E-state index in [0.717, 1.165) is 40.1 Å². The van der Waals surface area contributed by atoms with Crippen LogP contribution in [-0.4, -0.2) is 18.2 Å². The van der Waals surface area contributed by atoms with Crippen LogP contribution in [0.1, 0.15) is 46.6 Å². The van der Waals surface area contributed by atoms with E-state index in [1.165, 1.54) is 23.5 Å². The van der Waals surface area contributed by atoms with Crippen LogP contribution in [0.25, 0.3) is 10.4 Å². The van der Waals surface area contributed by atoms with Crippen LogP contribution in [0, 0.1) is 11.2 Å². The first kappa shape index (κ1) is 17.1. The highest BCUT2D eigenvalue weighted by atomic mass is 32.1. The number of carboxylic acids is 1. The predicted octanol–water partition coefficient (Wildman–Crippen LogP) is 4.91. The second-order valence-corrected chi connectivity index (χ2v) is 8.19. The fraction of sp³-hybridized carbons (Fsp3) is 0.421. The van der Waals surface area contributed by atoms with Gasteiger partial charge in [-0.15, -0.1) is 11.3 Å². The molecule has 0 atom stereocenters. The standard InChI is InChI=1S/C19H21FO3S/c1-19(2)7-6-15-14(9-19)16(18(21)22)17(24-15)13-5-4-12(20)8-11(13)10-23-3/h4-5,8H,6-7,9-10H2,1-3H3,(H,21,22). The molecule has 24 heavy (non-hydrogen) atoms. The Bertz CT molecular complexity index is 792. The van der Waals surface area contributed by atoms with Gasteiger partial charge in [-0.3, -0.25) is 0 Å². The molecule has 128 valence electrons. The van der Waals surface area contributed by atoms with E-state index in [2.05, 4.69) is 13.8 Å². The minimum atomic E-state index is -0.909. The number of hydrogen-bond acceptors (Lipinski definition) is 3. The van der Waals surface area contributed by atoms with E-state index >= 15 is 0 Å². The summed E-state index contributed by atoms with van der Waals surface area (Å²) in [6.45, 7) is 4.60. The molecule has 0 unspecified atom stereocenters. The lowest BCUT2D eigenvalue weighted by molar-refractivity contribution is 0.0696. The van der Waals surface area contributed by atoms with Crippen molar-refractivity contribution in [2.75, 3.05) is 7.11 Å². The average Bonchev–Trinajstić information content (AvgIpc) is 2.84. The number of carbonyl (C=O) groups is 1. The highest BCUT2D eigenvalue weighted by Crippen LogP contribution is 2.45. The number of methoxy groups -OCH3 is 1. The summed E-state index contributed by atoms with van der Waals surface area (Å²) in [5.41, 5.74) is 2.87. The molecule has 3 nitrogen and oxygen atoms in total. The Hall–Kier alpha value is -1.72. The number of hydrogen-bond donors (Lipinski definition) is 1. The Morgan fingerprint density at radius 1 is 1.42 bits per heavy atom. The third-order valence-corrected chi connectivity index (χ3v) is 5.93. The Balaban J connectivity index is 2.20. The quantitative estimate of drug-likeness (QED) is 0.853. The number of thiophene rings is 1. The van der Waals surface area contributed by atoms with Crippen LogP contribution in [0.15, 0.2) is 18.2 Å². The summed E-state index contributed by atoms with van der Waals surface area (Å²) in [4.78, 5) is 13.8.